The van der Waals surface area contributed by atoms with Crippen molar-refractivity contribution in [3.8, 4) is 11.5 Å². The van der Waals surface area contributed by atoms with Crippen LogP contribution in [0.4, 0.5) is 0 Å². The van der Waals surface area contributed by atoms with Crippen molar-refractivity contribution in [2.75, 3.05) is 0 Å². The van der Waals surface area contributed by atoms with Gasteiger partial charge in [0, 0.05) is 24.9 Å². The Balaban J connectivity index is 3.33. The van der Waals surface area contributed by atoms with E-state index in [4.69, 9.17) is 9.47 Å². The first-order valence-corrected chi connectivity index (χ1v) is 8.59. The number of nitrogens with zero attached hydrogens (tertiary/aromatic N) is 1. The lowest BCUT2D eigenvalue weighted by molar-refractivity contribution is -0.135. The number of esters is 2. The fourth-order valence-electron chi connectivity index (χ4n) is 2.43. The maximum Gasteiger partial charge on any atom is 0.310 e. The topological polar surface area (TPSA) is 72.9 Å². The molecule has 25 heavy (non-hydrogen) atoms. The quantitative estimate of drug-likeness (QED) is 0.556. The van der Waals surface area contributed by atoms with Gasteiger partial charge in [-0.3, -0.25) is 14.4 Å². The van der Waals surface area contributed by atoms with Crippen molar-refractivity contribution < 1.29 is 23.9 Å². The summed E-state index contributed by atoms with van der Waals surface area (Å²) < 4.78 is 10.5. The van der Waals surface area contributed by atoms with Gasteiger partial charge in [0.05, 0.1) is 5.56 Å². The second-order valence-corrected chi connectivity index (χ2v) is 6.21. The highest BCUT2D eigenvalue weighted by Gasteiger charge is 2.26. The van der Waals surface area contributed by atoms with E-state index in [1.54, 1.807) is 18.7 Å². The summed E-state index contributed by atoms with van der Waals surface area (Å²) in [6, 6.07) is 4.37. The zero-order valence-electron chi connectivity index (χ0n) is 15.8. The zero-order chi connectivity index (χ0) is 19.1. The summed E-state index contributed by atoms with van der Waals surface area (Å²) in [7, 11) is 0. The Morgan fingerprint density at radius 2 is 1.44 bits per heavy atom. The number of benzene rings is 1. The Kier molecular flexibility index (Phi) is 7.61. The van der Waals surface area contributed by atoms with Crippen LogP contribution in [0.2, 0.25) is 0 Å². The number of hydrogen-bond donors (Lipinski definition) is 0. The molecule has 0 unspecified atom stereocenters. The molecule has 1 rings (SSSR count). The van der Waals surface area contributed by atoms with Crippen LogP contribution in [0.25, 0.3) is 0 Å². The van der Waals surface area contributed by atoms with Crippen LogP contribution in [0.5, 0.6) is 11.5 Å². The van der Waals surface area contributed by atoms with Crippen molar-refractivity contribution in [2.45, 2.75) is 66.5 Å². The number of carbonyl (C=O) groups excluding carboxylic acids is 3. The van der Waals surface area contributed by atoms with Crippen LogP contribution in [-0.2, 0) is 9.59 Å². The summed E-state index contributed by atoms with van der Waals surface area (Å²) in [5.41, 5.74) is 0.200. The lowest BCUT2D eigenvalue weighted by Gasteiger charge is -2.31. The molecule has 0 fully saturated rings. The molecule has 6 heteroatoms. The average Bonchev–Trinajstić information content (AvgIpc) is 2.55. The summed E-state index contributed by atoms with van der Waals surface area (Å²) in [6.07, 6.45) is 0.415. The van der Waals surface area contributed by atoms with E-state index in [2.05, 4.69) is 0 Å². The number of amides is 1. The first kappa shape index (κ1) is 20.7. The second kappa shape index (κ2) is 9.20. The molecule has 0 atom stereocenters. The van der Waals surface area contributed by atoms with Crippen LogP contribution in [0, 0.1) is 0 Å². The summed E-state index contributed by atoms with van der Waals surface area (Å²) in [4.78, 5) is 37.9. The Labute approximate surface area is 149 Å². The van der Waals surface area contributed by atoms with Crippen LogP contribution >= 0.6 is 0 Å². The first-order valence-electron chi connectivity index (χ1n) is 8.59. The zero-order valence-corrected chi connectivity index (χ0v) is 15.8. The maximum absolute atomic E-state index is 13.0. The van der Waals surface area contributed by atoms with Crippen LogP contribution in [-0.4, -0.2) is 34.8 Å². The van der Waals surface area contributed by atoms with Gasteiger partial charge in [-0.1, -0.05) is 13.8 Å². The summed E-state index contributed by atoms with van der Waals surface area (Å²) in [5, 5.41) is 0. The van der Waals surface area contributed by atoms with E-state index >= 15 is 0 Å². The molecule has 0 saturated carbocycles. The van der Waals surface area contributed by atoms with Crippen molar-refractivity contribution in [1.82, 2.24) is 4.90 Å². The van der Waals surface area contributed by atoms with Gasteiger partial charge in [0.25, 0.3) is 5.91 Å². The predicted octanol–water partition coefficient (Wildman–Crippen LogP) is 3.58. The molecule has 1 aromatic carbocycles. The first-order chi connectivity index (χ1) is 11.7. The normalized spacial score (nSPS) is 10.7. The van der Waals surface area contributed by atoms with Crippen molar-refractivity contribution in [3.05, 3.63) is 23.8 Å². The van der Waals surface area contributed by atoms with Crippen LogP contribution in [0.1, 0.15) is 64.7 Å². The van der Waals surface area contributed by atoms with Gasteiger partial charge in [-0.05, 0) is 45.9 Å². The standard InChI is InChI=1S/C19H27NO5/c1-7-17(21)24-14-9-10-16(25-18(22)8-2)15(11-14)19(23)20(12(3)4)13(5)6/h9-13H,7-8H2,1-6H3. The van der Waals surface area contributed by atoms with Crippen LogP contribution in [0.15, 0.2) is 18.2 Å². The molecule has 138 valence electrons. The third-order valence-corrected chi connectivity index (χ3v) is 3.56. The molecule has 6 nitrogen and oxygen atoms in total. The Morgan fingerprint density at radius 1 is 0.920 bits per heavy atom. The van der Waals surface area contributed by atoms with E-state index in [0.29, 0.717) is 0 Å². The molecule has 0 saturated heterocycles. The molecule has 0 radical (unpaired) electrons. The van der Waals surface area contributed by atoms with Crippen molar-refractivity contribution in [1.29, 1.82) is 0 Å². The monoisotopic (exact) mass is 349 g/mol. The van der Waals surface area contributed by atoms with Gasteiger partial charge in [0.1, 0.15) is 11.5 Å². The third-order valence-electron chi connectivity index (χ3n) is 3.56. The van der Waals surface area contributed by atoms with E-state index in [1.807, 2.05) is 27.7 Å². The van der Waals surface area contributed by atoms with Crippen molar-refractivity contribution in [2.24, 2.45) is 0 Å². The highest BCUT2D eigenvalue weighted by Crippen LogP contribution is 2.28. The fraction of sp³-hybridized carbons (Fsp3) is 0.526. The van der Waals surface area contributed by atoms with E-state index in [9.17, 15) is 14.4 Å². The lowest BCUT2D eigenvalue weighted by atomic mass is 10.1. The van der Waals surface area contributed by atoms with Gasteiger partial charge in [0.2, 0.25) is 0 Å². The highest BCUT2D eigenvalue weighted by molar-refractivity contribution is 5.98. The molecule has 0 N–H and O–H groups in total. The van der Waals surface area contributed by atoms with Gasteiger partial charge in [-0.25, -0.2) is 0 Å². The van der Waals surface area contributed by atoms with Crippen molar-refractivity contribution in [3.63, 3.8) is 0 Å². The van der Waals surface area contributed by atoms with E-state index in [-0.39, 0.29) is 47.9 Å². The van der Waals surface area contributed by atoms with Gasteiger partial charge in [0.15, 0.2) is 0 Å². The molecule has 0 spiro atoms. The molecule has 0 bridgehead atoms. The average molecular weight is 349 g/mol. The predicted molar refractivity (Wildman–Crippen MR) is 94.7 cm³/mol. The Bertz CT molecular complexity index is 629. The molecule has 1 amide bonds. The largest absolute Gasteiger partial charge is 0.427 e. The minimum atomic E-state index is -0.437. The van der Waals surface area contributed by atoms with Gasteiger partial charge in [-0.15, -0.1) is 0 Å². The molecular formula is C19H27NO5. The van der Waals surface area contributed by atoms with Crippen molar-refractivity contribution >= 4 is 17.8 Å². The maximum atomic E-state index is 13.0. The van der Waals surface area contributed by atoms with E-state index in [0.717, 1.165) is 0 Å². The van der Waals surface area contributed by atoms with Gasteiger partial charge < -0.3 is 14.4 Å². The lowest BCUT2D eigenvalue weighted by Crippen LogP contribution is -2.42. The second-order valence-electron chi connectivity index (χ2n) is 6.21. The molecule has 0 aromatic heterocycles. The minimum absolute atomic E-state index is 0.0379. The summed E-state index contributed by atoms with van der Waals surface area (Å²) in [5.74, 6) is -0.703. The molecule has 0 aliphatic carbocycles. The van der Waals surface area contributed by atoms with E-state index in [1.165, 1.54) is 18.2 Å². The molecule has 1 aromatic rings. The Hall–Kier alpha value is -2.37. The van der Waals surface area contributed by atoms with E-state index < -0.39 is 11.9 Å². The SMILES string of the molecule is CCC(=O)Oc1ccc(OC(=O)CC)c(C(=O)N(C(C)C)C(C)C)c1. The molecule has 0 aliphatic heterocycles. The minimum Gasteiger partial charge on any atom is -0.427 e. The highest BCUT2D eigenvalue weighted by atomic mass is 16.5. The summed E-state index contributed by atoms with van der Waals surface area (Å²) in [6.45, 7) is 11.0. The number of carbonyl (C=O) groups is 3. The van der Waals surface area contributed by atoms with Crippen LogP contribution in [0.3, 0.4) is 0 Å². The number of ether oxygens (including phenoxy) is 2. The number of rotatable bonds is 7. The molecule has 0 aliphatic rings. The van der Waals surface area contributed by atoms with Crippen LogP contribution < -0.4 is 9.47 Å². The van der Waals surface area contributed by atoms with Gasteiger partial charge in [-0.2, -0.15) is 0 Å². The van der Waals surface area contributed by atoms with Gasteiger partial charge >= 0.3 is 11.9 Å². The Morgan fingerprint density at radius 3 is 1.92 bits per heavy atom. The molecular weight excluding hydrogens is 322 g/mol. The fourth-order valence-corrected chi connectivity index (χ4v) is 2.43. The smallest absolute Gasteiger partial charge is 0.310 e. The molecule has 0 heterocycles. The summed E-state index contributed by atoms with van der Waals surface area (Å²) >= 11 is 0. The third kappa shape index (κ3) is 5.59. The number of hydrogen-bond acceptors (Lipinski definition) is 5.